The second-order valence-electron chi connectivity index (χ2n) is 7.39. The lowest BCUT2D eigenvalue weighted by atomic mass is 9.80. The Morgan fingerprint density at radius 1 is 0.920 bits per heavy atom. The van der Waals surface area contributed by atoms with Gasteiger partial charge in [0.15, 0.2) is 11.5 Å². The highest BCUT2D eigenvalue weighted by atomic mass is 16.5. The predicted molar refractivity (Wildman–Crippen MR) is 100 cm³/mol. The highest BCUT2D eigenvalue weighted by Crippen LogP contribution is 2.34. The molecule has 1 aliphatic carbocycles. The number of methoxy groups -OCH3 is 2. The molecule has 0 N–H and O–H groups in total. The largest absolute Gasteiger partial charge is 0.493 e. The van der Waals surface area contributed by atoms with Gasteiger partial charge < -0.3 is 9.47 Å². The maximum absolute atomic E-state index is 5.48. The van der Waals surface area contributed by atoms with Crippen molar-refractivity contribution >= 4 is 0 Å². The number of hydrogen-bond acceptors (Lipinski definition) is 3. The lowest BCUT2D eigenvalue weighted by Crippen LogP contribution is -2.46. The summed E-state index contributed by atoms with van der Waals surface area (Å²) in [5, 5.41) is 0. The fraction of sp³-hybridized carbons (Fsp3) is 0.455. The molecule has 2 aromatic rings. The molecule has 3 nitrogen and oxygen atoms in total. The van der Waals surface area contributed by atoms with Crippen LogP contribution in [0.4, 0.5) is 0 Å². The van der Waals surface area contributed by atoms with E-state index in [1.54, 1.807) is 25.3 Å². The van der Waals surface area contributed by atoms with Crippen molar-refractivity contribution in [1.29, 1.82) is 0 Å². The fourth-order valence-electron chi connectivity index (χ4n) is 4.51. The van der Waals surface area contributed by atoms with Crippen LogP contribution in [0.15, 0.2) is 42.5 Å². The van der Waals surface area contributed by atoms with Gasteiger partial charge in [0.2, 0.25) is 0 Å². The highest BCUT2D eigenvalue weighted by molar-refractivity contribution is 5.43. The van der Waals surface area contributed by atoms with E-state index in [0.29, 0.717) is 6.04 Å². The van der Waals surface area contributed by atoms with Crippen LogP contribution >= 0.6 is 0 Å². The van der Waals surface area contributed by atoms with Crippen molar-refractivity contribution in [3.8, 4) is 11.5 Å². The summed E-state index contributed by atoms with van der Waals surface area (Å²) in [6.07, 6.45) is 5.08. The van der Waals surface area contributed by atoms with E-state index < -0.39 is 0 Å². The smallest absolute Gasteiger partial charge is 0.161 e. The number of piperidine rings is 1. The van der Waals surface area contributed by atoms with E-state index in [-0.39, 0.29) is 0 Å². The quantitative estimate of drug-likeness (QED) is 0.839. The van der Waals surface area contributed by atoms with E-state index in [1.807, 2.05) is 6.07 Å². The Morgan fingerprint density at radius 3 is 2.44 bits per heavy atom. The van der Waals surface area contributed by atoms with E-state index in [9.17, 15) is 0 Å². The van der Waals surface area contributed by atoms with Gasteiger partial charge in [-0.15, -0.1) is 0 Å². The summed E-state index contributed by atoms with van der Waals surface area (Å²) in [4.78, 5) is 2.69. The SMILES string of the molecule is COc1ccc(CN2C[C@@H]3CC[C@@H]2Cc2ccccc2C3)cc1OC. The molecule has 0 amide bonds. The Morgan fingerprint density at radius 2 is 1.68 bits per heavy atom. The summed E-state index contributed by atoms with van der Waals surface area (Å²) in [5.74, 6) is 2.40. The third kappa shape index (κ3) is 3.38. The molecule has 2 aromatic carbocycles. The summed E-state index contributed by atoms with van der Waals surface area (Å²) in [6, 6.07) is 16.0. The zero-order valence-electron chi connectivity index (χ0n) is 15.2. The molecule has 0 unspecified atom stereocenters. The first-order valence-electron chi connectivity index (χ1n) is 9.28. The molecule has 132 valence electrons. The van der Waals surface area contributed by atoms with Crippen molar-refractivity contribution in [3.05, 3.63) is 59.2 Å². The second-order valence-corrected chi connectivity index (χ2v) is 7.39. The van der Waals surface area contributed by atoms with E-state index in [0.717, 1.165) is 24.0 Å². The van der Waals surface area contributed by atoms with E-state index in [1.165, 1.54) is 37.8 Å². The molecule has 3 heteroatoms. The predicted octanol–water partition coefficient (Wildman–Crippen LogP) is 4.08. The maximum Gasteiger partial charge on any atom is 0.161 e. The number of fused-ring (bicyclic) bond motifs is 2. The molecule has 2 aliphatic heterocycles. The number of hydrogen-bond donors (Lipinski definition) is 0. The van der Waals surface area contributed by atoms with Crippen molar-refractivity contribution in [1.82, 2.24) is 4.90 Å². The molecule has 25 heavy (non-hydrogen) atoms. The van der Waals surface area contributed by atoms with Crippen LogP contribution in [0.2, 0.25) is 0 Å². The van der Waals surface area contributed by atoms with Gasteiger partial charge in [0.25, 0.3) is 0 Å². The van der Waals surface area contributed by atoms with Gasteiger partial charge in [0.05, 0.1) is 14.2 Å². The molecule has 1 fully saturated rings. The summed E-state index contributed by atoms with van der Waals surface area (Å²) in [6.45, 7) is 2.19. The molecule has 2 heterocycles. The van der Waals surface area contributed by atoms with Gasteiger partial charge in [-0.3, -0.25) is 4.90 Å². The van der Waals surface area contributed by atoms with Gasteiger partial charge in [-0.2, -0.15) is 0 Å². The van der Waals surface area contributed by atoms with Crippen LogP contribution in [0, 0.1) is 5.92 Å². The molecule has 0 spiro atoms. The average Bonchev–Trinajstić information content (AvgIpc) is 2.62. The lowest BCUT2D eigenvalue weighted by molar-refractivity contribution is 0.0937. The molecule has 5 rings (SSSR count). The van der Waals surface area contributed by atoms with Gasteiger partial charge in [0.1, 0.15) is 0 Å². The van der Waals surface area contributed by atoms with Gasteiger partial charge in [-0.1, -0.05) is 30.3 Å². The summed E-state index contributed by atoms with van der Waals surface area (Å²) < 4.78 is 10.8. The Balaban J connectivity index is 1.56. The van der Waals surface area contributed by atoms with Gasteiger partial charge in [-0.25, -0.2) is 0 Å². The van der Waals surface area contributed by atoms with Crippen molar-refractivity contribution in [2.24, 2.45) is 5.92 Å². The van der Waals surface area contributed by atoms with Crippen LogP contribution in [-0.4, -0.2) is 31.7 Å². The first kappa shape index (κ1) is 16.5. The molecular formula is C22H27NO2. The highest BCUT2D eigenvalue weighted by Gasteiger charge is 2.31. The van der Waals surface area contributed by atoms with Gasteiger partial charge in [0, 0.05) is 19.1 Å². The minimum atomic E-state index is 0.644. The standard InChI is InChI=1S/C22H27NO2/c1-24-21-10-8-17(12-22(21)25-2)15-23-14-16-7-9-20(23)13-19-6-4-3-5-18(19)11-16/h3-6,8,10,12,16,20H,7,9,11,13-15H2,1-2H3/t16-,20-/m1/s1. The summed E-state index contributed by atoms with van der Waals surface area (Å²) in [7, 11) is 3.39. The minimum Gasteiger partial charge on any atom is -0.493 e. The maximum atomic E-state index is 5.48. The van der Waals surface area contributed by atoms with E-state index >= 15 is 0 Å². The Bertz CT molecular complexity index is 743. The molecule has 2 bridgehead atoms. The molecule has 0 aromatic heterocycles. The van der Waals surface area contributed by atoms with Crippen LogP contribution < -0.4 is 9.47 Å². The van der Waals surface area contributed by atoms with Gasteiger partial charge >= 0.3 is 0 Å². The molecule has 1 saturated heterocycles. The fourth-order valence-corrected chi connectivity index (χ4v) is 4.51. The normalized spacial score (nSPS) is 22.8. The molecule has 3 aliphatic rings. The average molecular weight is 337 g/mol. The number of ether oxygens (including phenoxy) is 2. The van der Waals surface area contributed by atoms with Gasteiger partial charge in [-0.05, 0) is 60.4 Å². The number of nitrogens with zero attached hydrogens (tertiary/aromatic N) is 1. The molecule has 0 radical (unpaired) electrons. The zero-order chi connectivity index (χ0) is 17.2. The van der Waals surface area contributed by atoms with Crippen LogP contribution in [0.5, 0.6) is 11.5 Å². The first-order valence-corrected chi connectivity index (χ1v) is 9.28. The number of benzene rings is 2. The zero-order valence-corrected chi connectivity index (χ0v) is 15.2. The second kappa shape index (κ2) is 7.09. The van der Waals surface area contributed by atoms with Crippen LogP contribution in [0.3, 0.4) is 0 Å². The minimum absolute atomic E-state index is 0.644. The van der Waals surface area contributed by atoms with Crippen molar-refractivity contribution < 1.29 is 9.47 Å². The van der Waals surface area contributed by atoms with Crippen LogP contribution in [0.25, 0.3) is 0 Å². The Kier molecular flexibility index (Phi) is 4.67. The third-order valence-corrected chi connectivity index (χ3v) is 5.83. The monoisotopic (exact) mass is 337 g/mol. The third-order valence-electron chi connectivity index (χ3n) is 5.83. The first-order chi connectivity index (χ1) is 12.3. The molecule has 0 saturated carbocycles. The summed E-state index contributed by atoms with van der Waals surface area (Å²) in [5.41, 5.74) is 4.43. The topological polar surface area (TPSA) is 21.7 Å². The van der Waals surface area contributed by atoms with Crippen molar-refractivity contribution in [2.45, 2.75) is 38.3 Å². The van der Waals surface area contributed by atoms with Crippen molar-refractivity contribution in [3.63, 3.8) is 0 Å². The van der Waals surface area contributed by atoms with E-state index in [4.69, 9.17) is 9.47 Å². The lowest BCUT2D eigenvalue weighted by Gasteiger charge is -2.42. The molecular weight excluding hydrogens is 310 g/mol. The Labute approximate surface area is 150 Å². The van der Waals surface area contributed by atoms with E-state index in [2.05, 4.69) is 41.3 Å². The van der Waals surface area contributed by atoms with Crippen molar-refractivity contribution in [2.75, 3.05) is 20.8 Å². The number of rotatable bonds is 4. The molecule has 2 atom stereocenters. The van der Waals surface area contributed by atoms with Crippen LogP contribution in [0.1, 0.15) is 29.5 Å². The summed E-state index contributed by atoms with van der Waals surface area (Å²) >= 11 is 0. The Hall–Kier alpha value is -2.00. The van der Waals surface area contributed by atoms with Crippen LogP contribution in [-0.2, 0) is 19.4 Å².